The summed E-state index contributed by atoms with van der Waals surface area (Å²) < 4.78 is 33.1. The van der Waals surface area contributed by atoms with Gasteiger partial charge in [0.1, 0.15) is 5.75 Å². The van der Waals surface area contributed by atoms with Gasteiger partial charge in [0.2, 0.25) is 15.9 Å². The van der Waals surface area contributed by atoms with Gasteiger partial charge in [-0.2, -0.15) is 0 Å². The maximum Gasteiger partial charge on any atom is 0.240 e. The Balaban J connectivity index is 1.66. The van der Waals surface area contributed by atoms with Crippen LogP contribution in [0.2, 0.25) is 0 Å². The van der Waals surface area contributed by atoms with Crippen molar-refractivity contribution in [2.24, 2.45) is 5.92 Å². The number of anilines is 1. The lowest BCUT2D eigenvalue weighted by atomic mass is 10.1. The molecule has 2 aromatic rings. The maximum atomic E-state index is 12.6. The van der Waals surface area contributed by atoms with E-state index in [0.29, 0.717) is 23.4 Å². The highest BCUT2D eigenvalue weighted by Gasteiger charge is 2.31. The van der Waals surface area contributed by atoms with Crippen LogP contribution >= 0.6 is 0 Å². The van der Waals surface area contributed by atoms with Crippen LogP contribution in [0.4, 0.5) is 5.69 Å². The van der Waals surface area contributed by atoms with Crippen molar-refractivity contribution < 1.29 is 17.9 Å². The molecule has 0 radical (unpaired) electrons. The molecule has 1 atom stereocenters. The molecule has 7 heteroatoms. The van der Waals surface area contributed by atoms with Crippen molar-refractivity contribution in [1.82, 2.24) is 4.72 Å². The van der Waals surface area contributed by atoms with Crippen LogP contribution in [0.1, 0.15) is 17.5 Å². The average Bonchev–Trinajstić information content (AvgIpc) is 3.03. The van der Waals surface area contributed by atoms with Crippen LogP contribution in [-0.2, 0) is 14.8 Å². The van der Waals surface area contributed by atoms with E-state index in [4.69, 9.17) is 4.74 Å². The van der Waals surface area contributed by atoms with E-state index >= 15 is 0 Å². The summed E-state index contributed by atoms with van der Waals surface area (Å²) in [6, 6.07) is 12.6. The lowest BCUT2D eigenvalue weighted by Crippen LogP contribution is -2.31. The van der Waals surface area contributed by atoms with Crippen LogP contribution in [0.15, 0.2) is 47.4 Å². The summed E-state index contributed by atoms with van der Waals surface area (Å²) in [5.41, 5.74) is 2.39. The van der Waals surface area contributed by atoms with Crippen molar-refractivity contribution in [2.45, 2.75) is 25.2 Å². The third-order valence-electron chi connectivity index (χ3n) is 4.78. The molecular weight excluding hydrogens is 364 g/mol. The zero-order valence-electron chi connectivity index (χ0n) is 15.7. The van der Waals surface area contributed by atoms with E-state index in [1.165, 1.54) is 0 Å². The number of rotatable bonds is 6. The van der Waals surface area contributed by atoms with Crippen molar-refractivity contribution in [3.05, 3.63) is 53.6 Å². The van der Waals surface area contributed by atoms with Gasteiger partial charge in [-0.05, 0) is 61.2 Å². The number of carbonyl (C=O) groups is 1. The van der Waals surface area contributed by atoms with Gasteiger partial charge in [-0.1, -0.05) is 12.1 Å². The molecule has 1 saturated heterocycles. The number of nitrogens with zero attached hydrogens (tertiary/aromatic N) is 1. The summed E-state index contributed by atoms with van der Waals surface area (Å²) in [5, 5.41) is 0. The minimum atomic E-state index is -3.61. The van der Waals surface area contributed by atoms with Crippen molar-refractivity contribution in [2.75, 3.05) is 25.1 Å². The lowest BCUT2D eigenvalue weighted by molar-refractivity contribution is -0.117. The second-order valence-corrected chi connectivity index (χ2v) is 8.63. The Kier molecular flexibility index (Phi) is 5.53. The van der Waals surface area contributed by atoms with Crippen molar-refractivity contribution in [3.8, 4) is 5.75 Å². The van der Waals surface area contributed by atoms with Crippen LogP contribution < -0.4 is 14.4 Å². The highest BCUT2D eigenvalue weighted by Crippen LogP contribution is 2.27. The first kappa shape index (κ1) is 19.4. The number of nitrogens with one attached hydrogen (secondary N) is 1. The fourth-order valence-corrected chi connectivity index (χ4v) is 4.68. The zero-order valence-corrected chi connectivity index (χ0v) is 16.5. The molecule has 1 heterocycles. The fourth-order valence-electron chi connectivity index (χ4n) is 3.23. The van der Waals surface area contributed by atoms with Gasteiger partial charge in [-0.15, -0.1) is 0 Å². The summed E-state index contributed by atoms with van der Waals surface area (Å²) in [7, 11) is -2.01. The molecule has 0 aliphatic carbocycles. The van der Waals surface area contributed by atoms with E-state index < -0.39 is 10.0 Å². The molecule has 2 aromatic carbocycles. The molecule has 0 unspecified atom stereocenters. The van der Waals surface area contributed by atoms with E-state index in [-0.39, 0.29) is 18.4 Å². The molecular formula is C20H24N2O4S. The molecule has 1 N–H and O–H groups in total. The number of aryl methyl sites for hydroxylation is 2. The van der Waals surface area contributed by atoms with E-state index in [9.17, 15) is 13.2 Å². The lowest BCUT2D eigenvalue weighted by Gasteiger charge is -2.17. The predicted octanol–water partition coefficient (Wildman–Crippen LogP) is 2.64. The van der Waals surface area contributed by atoms with Crippen molar-refractivity contribution in [3.63, 3.8) is 0 Å². The third kappa shape index (κ3) is 4.31. The number of sulfonamides is 1. The Hall–Kier alpha value is -2.38. The summed E-state index contributed by atoms with van der Waals surface area (Å²) in [6.45, 7) is 4.36. The van der Waals surface area contributed by atoms with E-state index in [1.54, 1.807) is 43.2 Å². The maximum absolute atomic E-state index is 12.6. The first-order valence-corrected chi connectivity index (χ1v) is 10.3. The predicted molar refractivity (Wildman–Crippen MR) is 105 cm³/mol. The number of methoxy groups -OCH3 is 1. The highest BCUT2D eigenvalue weighted by atomic mass is 32.2. The fraction of sp³-hybridized carbons (Fsp3) is 0.350. The molecule has 6 nitrogen and oxygen atoms in total. The van der Waals surface area contributed by atoms with E-state index in [2.05, 4.69) is 4.72 Å². The highest BCUT2D eigenvalue weighted by molar-refractivity contribution is 7.89. The summed E-state index contributed by atoms with van der Waals surface area (Å²) in [6.07, 6.45) is 0.321. The molecule has 144 valence electrons. The van der Waals surface area contributed by atoms with Gasteiger partial charge in [-0.3, -0.25) is 4.79 Å². The number of ether oxygens (including phenoxy) is 1. The quantitative estimate of drug-likeness (QED) is 0.825. The van der Waals surface area contributed by atoms with Gasteiger partial charge in [-0.25, -0.2) is 13.1 Å². The largest absolute Gasteiger partial charge is 0.497 e. The monoisotopic (exact) mass is 388 g/mol. The van der Waals surface area contributed by atoms with Crippen LogP contribution in [0, 0.1) is 19.8 Å². The second kappa shape index (κ2) is 7.70. The Bertz CT molecular complexity index is 939. The first-order valence-electron chi connectivity index (χ1n) is 8.81. The third-order valence-corrected chi connectivity index (χ3v) is 6.35. The van der Waals surface area contributed by atoms with E-state index in [0.717, 1.165) is 17.0 Å². The topological polar surface area (TPSA) is 75.7 Å². The zero-order chi connectivity index (χ0) is 19.6. The molecule has 0 spiro atoms. The number of carbonyl (C=O) groups excluding carboxylic acids is 1. The normalized spacial score (nSPS) is 17.4. The Morgan fingerprint density at radius 2 is 1.85 bits per heavy atom. The average molecular weight is 388 g/mol. The SMILES string of the molecule is COc1ccc(N2C[C@H](CNS(=O)(=O)c3cc(C)ccc3C)CC2=O)cc1. The second-order valence-electron chi connectivity index (χ2n) is 6.89. The van der Waals surface area contributed by atoms with Crippen LogP contribution in [0.25, 0.3) is 0 Å². The van der Waals surface area contributed by atoms with Gasteiger partial charge in [0.15, 0.2) is 0 Å². The number of benzene rings is 2. The molecule has 1 aliphatic rings. The van der Waals surface area contributed by atoms with Gasteiger partial charge in [0.05, 0.1) is 12.0 Å². The molecule has 1 amide bonds. The number of hydrogen-bond donors (Lipinski definition) is 1. The Labute approximate surface area is 160 Å². The summed E-state index contributed by atoms with van der Waals surface area (Å²) in [4.78, 5) is 14.3. The van der Waals surface area contributed by atoms with Crippen LogP contribution in [0.5, 0.6) is 5.75 Å². The molecule has 27 heavy (non-hydrogen) atoms. The minimum Gasteiger partial charge on any atom is -0.497 e. The first-order chi connectivity index (χ1) is 12.8. The molecule has 1 fully saturated rings. The summed E-state index contributed by atoms with van der Waals surface area (Å²) in [5.74, 6) is 0.652. The minimum absolute atomic E-state index is 0.00361. The van der Waals surface area contributed by atoms with Gasteiger partial charge in [0, 0.05) is 25.2 Å². The van der Waals surface area contributed by atoms with E-state index in [1.807, 2.05) is 25.1 Å². The molecule has 0 saturated carbocycles. The van der Waals surface area contributed by atoms with Crippen molar-refractivity contribution >= 4 is 21.6 Å². The van der Waals surface area contributed by atoms with Gasteiger partial charge >= 0.3 is 0 Å². The van der Waals surface area contributed by atoms with Gasteiger partial charge in [0.25, 0.3) is 0 Å². The van der Waals surface area contributed by atoms with Gasteiger partial charge < -0.3 is 9.64 Å². The Morgan fingerprint density at radius 3 is 2.52 bits per heavy atom. The molecule has 1 aliphatic heterocycles. The number of amides is 1. The molecule has 0 aromatic heterocycles. The van der Waals surface area contributed by atoms with Crippen molar-refractivity contribution in [1.29, 1.82) is 0 Å². The van der Waals surface area contributed by atoms with Crippen LogP contribution in [0.3, 0.4) is 0 Å². The smallest absolute Gasteiger partial charge is 0.240 e. The van der Waals surface area contributed by atoms with Crippen LogP contribution in [-0.4, -0.2) is 34.5 Å². The summed E-state index contributed by atoms with van der Waals surface area (Å²) >= 11 is 0. The number of hydrogen-bond acceptors (Lipinski definition) is 4. The standard InChI is InChI=1S/C20H24N2O4S/c1-14-4-5-15(2)19(10-14)27(24,25)21-12-16-11-20(23)22(13-16)17-6-8-18(26-3)9-7-17/h4-10,16,21H,11-13H2,1-3H3/t16-/m0/s1. The molecule has 0 bridgehead atoms. The molecule has 3 rings (SSSR count). The Morgan fingerprint density at radius 1 is 1.15 bits per heavy atom.